The fraction of sp³-hybridized carbons (Fsp3) is 0.136. The molecule has 0 saturated carbocycles. The van der Waals surface area contributed by atoms with Crippen LogP contribution < -0.4 is 9.47 Å². The number of hydrogen-bond donors (Lipinski definition) is 0. The number of methoxy groups -OCH3 is 1. The third-order valence-electron chi connectivity index (χ3n) is 4.49. The van der Waals surface area contributed by atoms with Crippen molar-refractivity contribution in [3.63, 3.8) is 0 Å². The molecule has 1 aromatic heterocycles. The maximum atomic E-state index is 13.0. The third-order valence-corrected chi connectivity index (χ3v) is 4.49. The van der Waals surface area contributed by atoms with Gasteiger partial charge in [0.05, 0.1) is 18.2 Å². The Morgan fingerprint density at radius 3 is 2.54 bits per heavy atom. The highest BCUT2D eigenvalue weighted by atomic mass is 16.5. The Balaban J connectivity index is 1.71. The molecule has 1 atom stereocenters. The van der Waals surface area contributed by atoms with Crippen LogP contribution in [0.25, 0.3) is 11.0 Å². The average Bonchev–Trinajstić information content (AvgIpc) is 3.18. The van der Waals surface area contributed by atoms with Gasteiger partial charge < -0.3 is 9.47 Å². The molecule has 0 N–H and O–H groups in total. The molecule has 0 amide bonds. The van der Waals surface area contributed by atoms with Crippen molar-refractivity contribution in [3.05, 3.63) is 83.9 Å². The topological polar surface area (TPSA) is 66.2 Å². The summed E-state index contributed by atoms with van der Waals surface area (Å²) in [5, 5.41) is 8.35. The highest BCUT2D eigenvalue weighted by Crippen LogP contribution is 2.30. The molecule has 3 aromatic carbocycles. The van der Waals surface area contributed by atoms with Crippen molar-refractivity contribution in [2.45, 2.75) is 13.2 Å². The zero-order valence-corrected chi connectivity index (χ0v) is 15.6. The number of aromatic nitrogens is 3. The Morgan fingerprint density at radius 1 is 1.00 bits per heavy atom. The largest absolute Gasteiger partial charge is 0.497 e. The summed E-state index contributed by atoms with van der Waals surface area (Å²) in [6.07, 6.45) is -0.471. The third kappa shape index (κ3) is 3.32. The molecule has 0 spiro atoms. The quantitative estimate of drug-likeness (QED) is 0.472. The number of ketones is 1. The van der Waals surface area contributed by atoms with Crippen LogP contribution in [-0.2, 0) is 0 Å². The molecule has 28 heavy (non-hydrogen) atoms. The molecule has 0 aliphatic carbocycles. The van der Waals surface area contributed by atoms with Crippen molar-refractivity contribution >= 4 is 16.8 Å². The monoisotopic (exact) mass is 373 g/mol. The van der Waals surface area contributed by atoms with Crippen molar-refractivity contribution in [3.8, 4) is 11.5 Å². The summed E-state index contributed by atoms with van der Waals surface area (Å²) in [5.74, 6) is 0.921. The second-order valence-corrected chi connectivity index (χ2v) is 6.30. The lowest BCUT2D eigenvalue weighted by Gasteiger charge is -2.18. The summed E-state index contributed by atoms with van der Waals surface area (Å²) in [4.78, 5) is 13.0. The lowest BCUT2D eigenvalue weighted by molar-refractivity contribution is 0.102. The van der Waals surface area contributed by atoms with E-state index >= 15 is 0 Å². The van der Waals surface area contributed by atoms with Crippen LogP contribution >= 0.6 is 0 Å². The van der Waals surface area contributed by atoms with Crippen LogP contribution in [0.1, 0.15) is 29.1 Å². The molecular weight excluding hydrogens is 354 g/mol. The van der Waals surface area contributed by atoms with Gasteiger partial charge in [0, 0.05) is 11.6 Å². The van der Waals surface area contributed by atoms with Gasteiger partial charge in [0.2, 0.25) is 0 Å². The summed E-state index contributed by atoms with van der Waals surface area (Å²) < 4.78 is 13.1. The molecule has 140 valence electrons. The Kier molecular flexibility index (Phi) is 4.76. The molecule has 0 aliphatic heterocycles. The number of benzene rings is 3. The Labute approximate surface area is 162 Å². The minimum Gasteiger partial charge on any atom is -0.497 e. The normalized spacial score (nSPS) is 11.9. The van der Waals surface area contributed by atoms with Crippen LogP contribution in [0.4, 0.5) is 0 Å². The second kappa shape index (κ2) is 7.52. The summed E-state index contributed by atoms with van der Waals surface area (Å²) >= 11 is 0. The molecule has 6 nitrogen and oxygen atoms in total. The highest BCUT2D eigenvalue weighted by Gasteiger charge is 2.19. The van der Waals surface area contributed by atoms with Crippen molar-refractivity contribution in [2.24, 2.45) is 0 Å². The van der Waals surface area contributed by atoms with E-state index in [4.69, 9.17) is 9.47 Å². The van der Waals surface area contributed by atoms with Gasteiger partial charge in [-0.2, -0.15) is 0 Å². The minimum absolute atomic E-state index is 0.117. The van der Waals surface area contributed by atoms with Crippen molar-refractivity contribution < 1.29 is 14.3 Å². The first kappa shape index (κ1) is 17.7. The number of carbonyl (C=O) groups is 1. The number of carbonyl (C=O) groups excluding carboxylic acids is 1. The van der Waals surface area contributed by atoms with Gasteiger partial charge in [0.1, 0.15) is 17.0 Å². The maximum Gasteiger partial charge on any atom is 0.196 e. The molecule has 0 radical (unpaired) electrons. The molecule has 0 saturated heterocycles. The summed E-state index contributed by atoms with van der Waals surface area (Å²) in [5.41, 5.74) is 2.69. The number of para-hydroxylation sites is 1. The number of ether oxygens (including phenoxy) is 2. The summed E-state index contributed by atoms with van der Waals surface area (Å²) in [6, 6.07) is 21.9. The lowest BCUT2D eigenvalue weighted by Crippen LogP contribution is -2.16. The minimum atomic E-state index is -0.471. The van der Waals surface area contributed by atoms with E-state index in [0.717, 1.165) is 11.0 Å². The van der Waals surface area contributed by atoms with E-state index in [9.17, 15) is 4.79 Å². The van der Waals surface area contributed by atoms with Crippen LogP contribution in [0, 0.1) is 0 Å². The van der Waals surface area contributed by atoms with Gasteiger partial charge in [-0.05, 0) is 31.2 Å². The highest BCUT2D eigenvalue weighted by molar-refractivity contribution is 6.10. The van der Waals surface area contributed by atoms with Gasteiger partial charge in [-0.15, -0.1) is 5.10 Å². The molecule has 4 aromatic rings. The summed E-state index contributed by atoms with van der Waals surface area (Å²) in [6.45, 7) is 1.86. The Morgan fingerprint density at radius 2 is 1.75 bits per heavy atom. The molecule has 6 heteroatoms. The molecule has 1 unspecified atom stereocenters. The van der Waals surface area contributed by atoms with Gasteiger partial charge in [-0.1, -0.05) is 47.7 Å². The van der Waals surface area contributed by atoms with Gasteiger partial charge in [0.25, 0.3) is 0 Å². The second-order valence-electron chi connectivity index (χ2n) is 6.30. The van der Waals surface area contributed by atoms with Crippen molar-refractivity contribution in [2.75, 3.05) is 7.11 Å². The van der Waals surface area contributed by atoms with Crippen molar-refractivity contribution in [1.82, 2.24) is 15.0 Å². The Hall–Kier alpha value is -3.67. The van der Waals surface area contributed by atoms with Crippen LogP contribution in [0.3, 0.4) is 0 Å². The predicted molar refractivity (Wildman–Crippen MR) is 106 cm³/mol. The van der Waals surface area contributed by atoms with Gasteiger partial charge in [-0.25, -0.2) is 4.68 Å². The van der Waals surface area contributed by atoms with E-state index in [1.165, 1.54) is 0 Å². The first-order chi connectivity index (χ1) is 13.7. The van der Waals surface area contributed by atoms with Crippen LogP contribution in [0.5, 0.6) is 11.5 Å². The molecule has 0 fully saturated rings. The SMILES string of the molecule is COc1ccc(C(=O)c2ccccc2)c(OC(C)n2nnc3ccccc32)c1. The fourth-order valence-corrected chi connectivity index (χ4v) is 3.05. The first-order valence-corrected chi connectivity index (χ1v) is 8.92. The zero-order valence-electron chi connectivity index (χ0n) is 15.6. The number of fused-ring (bicyclic) bond motifs is 1. The van der Waals surface area contributed by atoms with Crippen LogP contribution in [-0.4, -0.2) is 27.9 Å². The van der Waals surface area contributed by atoms with Gasteiger partial charge >= 0.3 is 0 Å². The molecule has 0 bridgehead atoms. The summed E-state index contributed by atoms with van der Waals surface area (Å²) in [7, 11) is 1.58. The number of nitrogens with zero attached hydrogens (tertiary/aromatic N) is 3. The van der Waals surface area contributed by atoms with Crippen LogP contribution in [0.15, 0.2) is 72.8 Å². The average molecular weight is 373 g/mol. The zero-order chi connectivity index (χ0) is 19.5. The predicted octanol–water partition coefficient (Wildman–Crippen LogP) is 4.27. The molecule has 1 heterocycles. The number of rotatable bonds is 6. The molecule has 4 rings (SSSR count). The Bertz CT molecular complexity index is 1120. The van der Waals surface area contributed by atoms with Crippen molar-refractivity contribution in [1.29, 1.82) is 0 Å². The van der Waals surface area contributed by atoms with Crippen LogP contribution in [0.2, 0.25) is 0 Å². The van der Waals surface area contributed by atoms with Gasteiger partial charge in [-0.3, -0.25) is 4.79 Å². The van der Waals surface area contributed by atoms with E-state index < -0.39 is 6.23 Å². The first-order valence-electron chi connectivity index (χ1n) is 8.92. The van der Waals surface area contributed by atoms with E-state index in [0.29, 0.717) is 22.6 Å². The fourth-order valence-electron chi connectivity index (χ4n) is 3.05. The maximum absolute atomic E-state index is 13.0. The van der Waals surface area contributed by atoms with Gasteiger partial charge in [0.15, 0.2) is 12.0 Å². The standard InChI is InChI=1S/C22H19N3O3/c1-15(25-20-11-7-6-10-19(20)23-24-25)28-21-14-17(27-2)12-13-18(21)22(26)16-8-4-3-5-9-16/h3-15H,1-2H3. The van der Waals surface area contributed by atoms with E-state index in [1.807, 2.05) is 49.4 Å². The molecular formula is C22H19N3O3. The smallest absolute Gasteiger partial charge is 0.196 e. The number of hydrogen-bond acceptors (Lipinski definition) is 5. The van der Waals surface area contributed by atoms with E-state index in [1.54, 1.807) is 42.1 Å². The van der Waals surface area contributed by atoms with E-state index in [2.05, 4.69) is 10.3 Å². The van der Waals surface area contributed by atoms with E-state index in [-0.39, 0.29) is 5.78 Å². The lowest BCUT2D eigenvalue weighted by atomic mass is 10.0. The molecule has 0 aliphatic rings.